The van der Waals surface area contributed by atoms with Gasteiger partial charge >= 0.3 is 6.18 Å². The second kappa shape index (κ2) is 6.76. The van der Waals surface area contributed by atoms with E-state index in [-0.39, 0.29) is 40.8 Å². The van der Waals surface area contributed by atoms with E-state index < -0.39 is 35.2 Å². The van der Waals surface area contributed by atoms with E-state index in [1.807, 2.05) is 0 Å². The zero-order chi connectivity index (χ0) is 22.2. The number of imide groups is 2. The van der Waals surface area contributed by atoms with Crippen molar-refractivity contribution in [2.24, 2.45) is 0 Å². The average Bonchev–Trinajstić information content (AvgIpc) is 3.06. The number of hydrogen-bond donors (Lipinski definition) is 0. The van der Waals surface area contributed by atoms with E-state index in [1.165, 1.54) is 26.2 Å². The molecule has 6 nitrogen and oxygen atoms in total. The first kappa shape index (κ1) is 22.2. The van der Waals surface area contributed by atoms with Gasteiger partial charge in [-0.1, -0.05) is 19.6 Å². The normalized spacial score (nSPS) is 15.9. The minimum absolute atomic E-state index is 0. The Bertz CT molecular complexity index is 1090. The van der Waals surface area contributed by atoms with Gasteiger partial charge in [-0.15, -0.1) is 0 Å². The average molecular weight is 432 g/mol. The summed E-state index contributed by atoms with van der Waals surface area (Å²) in [6, 6.07) is 6.85. The fraction of sp³-hybridized carbons (Fsp3) is 0.273. The van der Waals surface area contributed by atoms with Gasteiger partial charge in [0.05, 0.1) is 22.3 Å². The molecule has 0 aliphatic carbocycles. The number of nitrogens with zero attached hydrogens (tertiary/aromatic N) is 2. The molecule has 2 aliphatic heterocycles. The van der Waals surface area contributed by atoms with E-state index in [4.69, 9.17) is 0 Å². The molecule has 4 amide bonds. The van der Waals surface area contributed by atoms with Gasteiger partial charge in [-0.3, -0.25) is 29.0 Å². The van der Waals surface area contributed by atoms with Crippen LogP contribution in [-0.4, -0.2) is 53.7 Å². The number of amides is 4. The predicted octanol–water partition coefficient (Wildman–Crippen LogP) is 3.64. The molecule has 0 spiro atoms. The van der Waals surface area contributed by atoms with Gasteiger partial charge in [0.25, 0.3) is 23.6 Å². The molecule has 162 valence electrons. The van der Waals surface area contributed by atoms with Crippen molar-refractivity contribution in [1.82, 2.24) is 9.80 Å². The molecule has 2 aromatic carbocycles. The molecular weight excluding hydrogens is 413 g/mol. The van der Waals surface area contributed by atoms with Crippen molar-refractivity contribution in [3.8, 4) is 0 Å². The van der Waals surface area contributed by atoms with E-state index in [0.29, 0.717) is 0 Å². The Morgan fingerprint density at radius 3 is 1.29 bits per heavy atom. The van der Waals surface area contributed by atoms with Crippen LogP contribution in [0.3, 0.4) is 0 Å². The standard InChI is InChI=1S/C21H15F3N2O4.CH4/c1-20(21(22,23)24,10-4-6-12-14(8-10)18(29)25(2)16(12)27)11-5-7-13-15(9-11)19(30)26(3)17(13)28;/h4-9H,1-3H3;1H4. The van der Waals surface area contributed by atoms with Gasteiger partial charge in [0, 0.05) is 14.1 Å². The first-order chi connectivity index (χ1) is 13.9. The Kier molecular flexibility index (Phi) is 4.84. The van der Waals surface area contributed by atoms with Crippen LogP contribution in [0.15, 0.2) is 36.4 Å². The first-order valence-corrected chi connectivity index (χ1v) is 8.90. The topological polar surface area (TPSA) is 74.8 Å². The molecule has 9 heteroatoms. The van der Waals surface area contributed by atoms with E-state index in [1.54, 1.807) is 0 Å². The number of hydrogen-bond acceptors (Lipinski definition) is 4. The van der Waals surface area contributed by atoms with Gasteiger partial charge < -0.3 is 0 Å². The Hall–Kier alpha value is -3.49. The second-order valence-corrected chi connectivity index (χ2v) is 7.48. The van der Waals surface area contributed by atoms with Gasteiger partial charge in [-0.2, -0.15) is 13.2 Å². The van der Waals surface area contributed by atoms with Gasteiger partial charge in [0.1, 0.15) is 5.41 Å². The third kappa shape index (κ3) is 2.79. The molecule has 2 aromatic rings. The maximum Gasteiger partial charge on any atom is 0.402 e. The molecule has 2 aliphatic rings. The lowest BCUT2D eigenvalue weighted by molar-refractivity contribution is -0.173. The molecule has 0 saturated heterocycles. The molecule has 2 heterocycles. The molecule has 0 radical (unpaired) electrons. The molecule has 0 atom stereocenters. The molecule has 0 unspecified atom stereocenters. The molecule has 0 N–H and O–H groups in total. The number of alkyl halides is 3. The number of benzene rings is 2. The fourth-order valence-corrected chi connectivity index (χ4v) is 3.84. The summed E-state index contributed by atoms with van der Waals surface area (Å²) >= 11 is 0. The lowest BCUT2D eigenvalue weighted by Gasteiger charge is -2.33. The summed E-state index contributed by atoms with van der Waals surface area (Å²) < 4.78 is 43.1. The minimum Gasteiger partial charge on any atom is -0.277 e. The highest BCUT2D eigenvalue weighted by Crippen LogP contribution is 2.47. The zero-order valence-electron chi connectivity index (χ0n) is 16.1. The highest BCUT2D eigenvalue weighted by atomic mass is 19.4. The summed E-state index contributed by atoms with van der Waals surface area (Å²) in [7, 11) is 2.51. The monoisotopic (exact) mass is 432 g/mol. The minimum atomic E-state index is -4.80. The highest BCUT2D eigenvalue weighted by Gasteiger charge is 2.54. The Morgan fingerprint density at radius 1 is 0.645 bits per heavy atom. The summed E-state index contributed by atoms with van der Waals surface area (Å²) in [6.45, 7) is 0.937. The van der Waals surface area contributed by atoms with Gasteiger partial charge in [-0.25, -0.2) is 0 Å². The van der Waals surface area contributed by atoms with Crippen LogP contribution in [0.5, 0.6) is 0 Å². The van der Waals surface area contributed by atoms with Crippen LogP contribution in [0.25, 0.3) is 0 Å². The lowest BCUT2D eigenvalue weighted by atomic mass is 9.74. The summed E-state index contributed by atoms with van der Waals surface area (Å²) in [5, 5.41) is 0. The zero-order valence-corrected chi connectivity index (χ0v) is 16.1. The number of fused-ring (bicyclic) bond motifs is 2. The summed E-state index contributed by atoms with van der Waals surface area (Å²) in [4.78, 5) is 50.4. The number of halogens is 3. The first-order valence-electron chi connectivity index (χ1n) is 8.90. The number of rotatable bonds is 2. The molecule has 0 bridgehead atoms. The van der Waals surface area contributed by atoms with Crippen molar-refractivity contribution < 1.29 is 32.3 Å². The summed E-state index contributed by atoms with van der Waals surface area (Å²) in [6.07, 6.45) is -4.80. The Balaban J connectivity index is 0.00000272. The molecule has 0 aromatic heterocycles. The Morgan fingerprint density at radius 2 is 0.968 bits per heavy atom. The predicted molar refractivity (Wildman–Crippen MR) is 105 cm³/mol. The van der Waals surface area contributed by atoms with E-state index >= 15 is 0 Å². The smallest absolute Gasteiger partial charge is 0.277 e. The molecule has 31 heavy (non-hydrogen) atoms. The van der Waals surface area contributed by atoms with Crippen LogP contribution in [0, 0.1) is 0 Å². The molecule has 0 fully saturated rings. The van der Waals surface area contributed by atoms with Crippen LogP contribution in [0.4, 0.5) is 13.2 Å². The van der Waals surface area contributed by atoms with Crippen LogP contribution < -0.4 is 0 Å². The highest BCUT2D eigenvalue weighted by molar-refractivity contribution is 6.22. The Labute approximate surface area is 176 Å². The van der Waals surface area contributed by atoms with Crippen molar-refractivity contribution in [2.45, 2.75) is 25.9 Å². The van der Waals surface area contributed by atoms with Crippen LogP contribution in [-0.2, 0) is 5.41 Å². The molecular formula is C22H19F3N2O4. The van der Waals surface area contributed by atoms with Crippen LogP contribution in [0.2, 0.25) is 0 Å². The van der Waals surface area contributed by atoms with Gasteiger partial charge in [-0.05, 0) is 42.3 Å². The third-order valence-corrected chi connectivity index (χ3v) is 5.90. The van der Waals surface area contributed by atoms with Crippen LogP contribution in [0.1, 0.15) is 66.9 Å². The quantitative estimate of drug-likeness (QED) is 0.679. The maximum atomic E-state index is 14.4. The summed E-state index contributed by atoms with van der Waals surface area (Å²) in [5.74, 6) is -2.53. The SMILES string of the molecule is C.CN1C(=O)c2ccc(C(C)(c3ccc4c(c3)C(=O)N(C)C4=O)C(F)(F)F)cc2C1=O. The molecule has 0 saturated carbocycles. The number of carbonyl (C=O) groups is 4. The van der Waals surface area contributed by atoms with Crippen molar-refractivity contribution in [1.29, 1.82) is 0 Å². The lowest BCUT2D eigenvalue weighted by Crippen LogP contribution is -2.41. The fourth-order valence-electron chi connectivity index (χ4n) is 3.84. The van der Waals surface area contributed by atoms with Crippen LogP contribution >= 0.6 is 0 Å². The van der Waals surface area contributed by atoms with Crippen molar-refractivity contribution in [3.63, 3.8) is 0 Å². The van der Waals surface area contributed by atoms with Gasteiger partial charge in [0.2, 0.25) is 0 Å². The second-order valence-electron chi connectivity index (χ2n) is 7.48. The maximum absolute atomic E-state index is 14.4. The van der Waals surface area contributed by atoms with Crippen molar-refractivity contribution in [3.05, 3.63) is 69.8 Å². The van der Waals surface area contributed by atoms with Crippen molar-refractivity contribution >= 4 is 23.6 Å². The largest absolute Gasteiger partial charge is 0.402 e. The van der Waals surface area contributed by atoms with E-state index in [0.717, 1.165) is 41.0 Å². The third-order valence-electron chi connectivity index (χ3n) is 5.90. The summed E-state index contributed by atoms with van der Waals surface area (Å²) in [5.41, 5.74) is -3.25. The molecule has 4 rings (SSSR count). The van der Waals surface area contributed by atoms with Crippen molar-refractivity contribution in [2.75, 3.05) is 14.1 Å². The van der Waals surface area contributed by atoms with E-state index in [2.05, 4.69) is 0 Å². The van der Waals surface area contributed by atoms with E-state index in [9.17, 15) is 32.3 Å². The van der Waals surface area contributed by atoms with Gasteiger partial charge in [0.15, 0.2) is 0 Å². The number of carbonyl (C=O) groups excluding carboxylic acids is 4.